The summed E-state index contributed by atoms with van der Waals surface area (Å²) in [5.74, 6) is 1.00. The number of rotatable bonds is 7. The fourth-order valence-corrected chi connectivity index (χ4v) is 6.66. The maximum Gasteiger partial charge on any atom is 0.235 e. The van der Waals surface area contributed by atoms with Gasteiger partial charge in [0.1, 0.15) is 17.7 Å². The van der Waals surface area contributed by atoms with Crippen LogP contribution in [0.25, 0.3) is 0 Å². The van der Waals surface area contributed by atoms with Crippen molar-refractivity contribution in [2.24, 2.45) is 7.05 Å². The Hall–Kier alpha value is -3.10. The second-order valence-corrected chi connectivity index (χ2v) is 11.6. The molecule has 1 fully saturated rings. The summed E-state index contributed by atoms with van der Waals surface area (Å²) in [7, 11) is -1.24. The number of nitriles is 1. The number of nitrogens with one attached hydrogen (secondary N) is 1. The molecular weight excluding hydrogens is 472 g/mol. The third-order valence-electron chi connectivity index (χ3n) is 6.18. The normalized spacial score (nSPS) is 16.9. The number of carbonyl (C=O) groups is 1. The lowest BCUT2D eigenvalue weighted by Gasteiger charge is -2.13. The molecule has 1 aliphatic rings. The van der Waals surface area contributed by atoms with Crippen LogP contribution in [0.1, 0.15) is 40.5 Å². The van der Waals surface area contributed by atoms with E-state index < -0.39 is 9.84 Å². The molecule has 34 heavy (non-hydrogen) atoms. The number of benzene rings is 1. The Morgan fingerprint density at radius 2 is 2.00 bits per heavy atom. The van der Waals surface area contributed by atoms with Gasteiger partial charge in [-0.1, -0.05) is 42.1 Å². The number of hydrogen-bond acceptors (Lipinski definition) is 7. The lowest BCUT2D eigenvalue weighted by Crippen LogP contribution is -2.19. The van der Waals surface area contributed by atoms with Crippen molar-refractivity contribution in [2.45, 2.75) is 37.9 Å². The van der Waals surface area contributed by atoms with Crippen molar-refractivity contribution in [2.75, 3.05) is 22.6 Å². The van der Waals surface area contributed by atoms with Gasteiger partial charge in [-0.2, -0.15) is 5.26 Å². The van der Waals surface area contributed by atoms with Crippen LogP contribution in [0.3, 0.4) is 0 Å². The van der Waals surface area contributed by atoms with Crippen LogP contribution in [-0.4, -0.2) is 50.9 Å². The molecule has 0 aliphatic carbocycles. The molecular formula is C23H26N6O3S2. The van der Waals surface area contributed by atoms with E-state index in [0.717, 1.165) is 16.8 Å². The molecule has 1 amide bonds. The molecule has 0 spiro atoms. The summed E-state index contributed by atoms with van der Waals surface area (Å²) >= 11 is 1.22. The Kier molecular flexibility index (Phi) is 6.81. The third-order valence-corrected chi connectivity index (χ3v) is 8.97. The third kappa shape index (κ3) is 4.88. The number of aromatic nitrogens is 4. The molecule has 1 aliphatic heterocycles. The Morgan fingerprint density at radius 3 is 2.65 bits per heavy atom. The molecule has 0 bridgehead atoms. The second kappa shape index (κ2) is 9.64. The van der Waals surface area contributed by atoms with Crippen LogP contribution in [0.5, 0.6) is 0 Å². The molecule has 178 valence electrons. The Bertz CT molecular complexity index is 1370. The van der Waals surface area contributed by atoms with Gasteiger partial charge < -0.3 is 14.5 Å². The number of nitrogens with zero attached hydrogens (tertiary/aromatic N) is 5. The zero-order valence-electron chi connectivity index (χ0n) is 19.3. The van der Waals surface area contributed by atoms with Crippen LogP contribution in [0, 0.1) is 25.2 Å². The zero-order valence-corrected chi connectivity index (χ0v) is 20.9. The van der Waals surface area contributed by atoms with E-state index >= 15 is 0 Å². The first-order valence-electron chi connectivity index (χ1n) is 10.9. The summed E-state index contributed by atoms with van der Waals surface area (Å²) in [6.07, 6.45) is 0.535. The summed E-state index contributed by atoms with van der Waals surface area (Å²) in [5, 5.41) is 21.5. The molecule has 3 heterocycles. The van der Waals surface area contributed by atoms with Crippen molar-refractivity contribution in [1.29, 1.82) is 5.26 Å². The maximum absolute atomic E-state index is 12.8. The highest BCUT2D eigenvalue weighted by molar-refractivity contribution is 7.99. The summed E-state index contributed by atoms with van der Waals surface area (Å²) in [5.41, 5.74) is 3.28. The highest BCUT2D eigenvalue weighted by Crippen LogP contribution is 2.30. The predicted molar refractivity (Wildman–Crippen MR) is 131 cm³/mol. The van der Waals surface area contributed by atoms with E-state index in [1.807, 2.05) is 48.7 Å². The van der Waals surface area contributed by atoms with Crippen LogP contribution < -0.4 is 5.32 Å². The van der Waals surface area contributed by atoms with E-state index in [1.54, 1.807) is 11.6 Å². The van der Waals surface area contributed by atoms with Gasteiger partial charge >= 0.3 is 0 Å². The maximum atomic E-state index is 12.8. The van der Waals surface area contributed by atoms with Gasteiger partial charge in [-0.25, -0.2) is 8.42 Å². The van der Waals surface area contributed by atoms with E-state index in [4.69, 9.17) is 0 Å². The molecule has 0 radical (unpaired) electrons. The van der Waals surface area contributed by atoms with Gasteiger partial charge in [0, 0.05) is 25.2 Å². The van der Waals surface area contributed by atoms with Crippen LogP contribution in [0.4, 0.5) is 5.82 Å². The van der Waals surface area contributed by atoms with Gasteiger partial charge in [0.15, 0.2) is 15.0 Å². The molecule has 9 nitrogen and oxygen atoms in total. The molecule has 3 aromatic rings. The average molecular weight is 499 g/mol. The molecule has 0 saturated carbocycles. The minimum absolute atomic E-state index is 0.0778. The minimum atomic E-state index is -3.03. The molecule has 0 unspecified atom stereocenters. The monoisotopic (exact) mass is 498 g/mol. The van der Waals surface area contributed by atoms with E-state index in [1.165, 1.54) is 11.8 Å². The van der Waals surface area contributed by atoms with Crippen molar-refractivity contribution in [3.05, 3.63) is 58.5 Å². The summed E-state index contributed by atoms with van der Waals surface area (Å²) in [6.45, 7) is 4.35. The van der Waals surface area contributed by atoms with E-state index in [2.05, 4.69) is 21.6 Å². The number of carbonyl (C=O) groups excluding carboxylic acids is 1. The van der Waals surface area contributed by atoms with Gasteiger partial charge in [-0.15, -0.1) is 10.2 Å². The number of thioether (sulfide) groups is 1. The first-order chi connectivity index (χ1) is 16.2. The van der Waals surface area contributed by atoms with Gasteiger partial charge in [0.05, 0.1) is 22.8 Å². The van der Waals surface area contributed by atoms with Gasteiger partial charge in [-0.05, 0) is 31.4 Å². The quantitative estimate of drug-likeness (QED) is 0.497. The molecule has 1 N–H and O–H groups in total. The largest absolute Gasteiger partial charge is 0.326 e. The first-order valence-corrected chi connectivity index (χ1v) is 13.7. The van der Waals surface area contributed by atoms with Gasteiger partial charge in [-0.3, -0.25) is 4.79 Å². The molecule has 1 aromatic carbocycles. The van der Waals surface area contributed by atoms with Crippen molar-refractivity contribution < 1.29 is 13.2 Å². The van der Waals surface area contributed by atoms with Crippen LogP contribution in [0.2, 0.25) is 0 Å². The van der Waals surface area contributed by atoms with E-state index in [9.17, 15) is 18.5 Å². The Labute approximate surface area is 203 Å². The molecule has 1 saturated heterocycles. The van der Waals surface area contributed by atoms with E-state index in [-0.39, 0.29) is 29.1 Å². The highest BCUT2D eigenvalue weighted by Gasteiger charge is 2.32. The lowest BCUT2D eigenvalue weighted by atomic mass is 10.1. The smallest absolute Gasteiger partial charge is 0.235 e. The highest BCUT2D eigenvalue weighted by atomic mass is 32.2. The fourth-order valence-electron chi connectivity index (χ4n) is 4.20. The molecule has 1 atom stereocenters. The SMILES string of the molecule is Cc1c(C#N)c(NC(=O)CSc2nnc([C@@H]3CCS(=O)(=O)C3)n2C)n(Cc2ccccc2)c1C. The van der Waals surface area contributed by atoms with Gasteiger partial charge in [0.2, 0.25) is 5.91 Å². The van der Waals surface area contributed by atoms with E-state index in [0.29, 0.717) is 35.3 Å². The van der Waals surface area contributed by atoms with Gasteiger partial charge in [0.25, 0.3) is 0 Å². The van der Waals surface area contributed by atoms with Crippen molar-refractivity contribution >= 4 is 33.3 Å². The van der Waals surface area contributed by atoms with Crippen molar-refractivity contribution in [3.8, 4) is 6.07 Å². The number of hydrogen-bond donors (Lipinski definition) is 1. The number of amides is 1. The van der Waals surface area contributed by atoms with Crippen molar-refractivity contribution in [1.82, 2.24) is 19.3 Å². The summed E-state index contributed by atoms with van der Waals surface area (Å²) in [6, 6.07) is 12.1. The average Bonchev–Trinajstić information content (AvgIpc) is 3.42. The zero-order chi connectivity index (χ0) is 24.5. The summed E-state index contributed by atoms with van der Waals surface area (Å²) < 4.78 is 27.3. The standard InChI is InChI=1S/C23H26N6O3S2/c1-15-16(2)29(12-17-7-5-4-6-8-17)22(19(15)11-24)25-20(30)13-33-23-27-26-21(28(23)3)18-9-10-34(31,32)14-18/h4-8,18H,9-10,12-14H2,1-3H3,(H,25,30)/t18-/m1/s1. The van der Waals surface area contributed by atoms with Crippen LogP contribution in [-0.2, 0) is 28.2 Å². The molecule has 4 rings (SSSR count). The number of anilines is 1. The topological polar surface area (TPSA) is 123 Å². The number of sulfone groups is 1. The fraction of sp³-hybridized carbons (Fsp3) is 0.391. The first kappa shape index (κ1) is 24.0. The summed E-state index contributed by atoms with van der Waals surface area (Å²) in [4.78, 5) is 12.8. The van der Waals surface area contributed by atoms with Crippen LogP contribution in [0.15, 0.2) is 35.5 Å². The van der Waals surface area contributed by atoms with Crippen molar-refractivity contribution in [3.63, 3.8) is 0 Å². The minimum Gasteiger partial charge on any atom is -0.326 e. The second-order valence-electron chi connectivity index (χ2n) is 8.45. The molecule has 11 heteroatoms. The predicted octanol–water partition coefficient (Wildman–Crippen LogP) is 2.79. The Balaban J connectivity index is 1.48. The molecule has 2 aromatic heterocycles. The lowest BCUT2D eigenvalue weighted by molar-refractivity contribution is -0.113. The Morgan fingerprint density at radius 1 is 1.26 bits per heavy atom. The van der Waals surface area contributed by atoms with Crippen LogP contribution >= 0.6 is 11.8 Å².